The smallest absolute Gasteiger partial charge is 0.335 e. The van der Waals surface area contributed by atoms with Crippen molar-refractivity contribution in [1.29, 1.82) is 0 Å². The zero-order valence-electron chi connectivity index (χ0n) is 23.2. The van der Waals surface area contributed by atoms with Gasteiger partial charge in [-0.2, -0.15) is 0 Å². The maximum absolute atomic E-state index is 10.7. The van der Waals surface area contributed by atoms with E-state index in [-0.39, 0.29) is 20.2 Å². The highest BCUT2D eigenvalue weighted by atomic mass is 31.1. The predicted octanol–water partition coefficient (Wildman–Crippen LogP) is 4.88. The Labute approximate surface area is 242 Å². The molecule has 1 atom stereocenters. The Morgan fingerprint density at radius 1 is 0.643 bits per heavy atom. The van der Waals surface area contributed by atoms with Crippen molar-refractivity contribution in [2.75, 3.05) is 35.5 Å². The minimum Gasteiger partial charge on any atom is -0.493 e. The average molecular weight is 605 g/mol. The van der Waals surface area contributed by atoms with Gasteiger partial charge in [-0.25, -0.2) is 14.4 Å². The van der Waals surface area contributed by atoms with Gasteiger partial charge in [0.2, 0.25) is 5.75 Å². The monoisotopic (exact) mass is 604 g/mol. The number of aromatic carboxylic acids is 2. The zero-order valence-corrected chi connectivity index (χ0v) is 24.2. The molecule has 0 bridgehead atoms. The van der Waals surface area contributed by atoms with Crippen LogP contribution in [0.5, 0.6) is 40.2 Å². The van der Waals surface area contributed by atoms with E-state index in [1.54, 1.807) is 31.4 Å². The number of aliphatic carboxylic acids is 1. The van der Waals surface area contributed by atoms with Crippen LogP contribution in [0.3, 0.4) is 0 Å². The summed E-state index contributed by atoms with van der Waals surface area (Å²) in [7, 11) is 7.35. The van der Waals surface area contributed by atoms with Crippen LogP contribution in [0.4, 0.5) is 0 Å². The van der Waals surface area contributed by atoms with E-state index in [2.05, 4.69) is 0 Å². The summed E-state index contributed by atoms with van der Waals surface area (Å²) >= 11 is 0. The number of ether oxygens (including phenoxy) is 5. The molecule has 3 N–H and O–H groups in total. The summed E-state index contributed by atoms with van der Waals surface area (Å²) in [5, 5.41) is 25.9. The summed E-state index contributed by atoms with van der Waals surface area (Å²) in [6.07, 6.45) is 2.56. The van der Waals surface area contributed by atoms with Gasteiger partial charge in [0.05, 0.1) is 46.7 Å². The fraction of sp³-hybridized carbons (Fsp3) is 0.179. The second kappa shape index (κ2) is 16.2. The Hall–Kier alpha value is -5.16. The fourth-order valence-electron chi connectivity index (χ4n) is 3.23. The van der Waals surface area contributed by atoms with Crippen LogP contribution in [0, 0.1) is 0 Å². The molecule has 14 heteroatoms. The van der Waals surface area contributed by atoms with E-state index in [9.17, 15) is 14.4 Å². The molecule has 0 saturated carbocycles. The lowest BCUT2D eigenvalue weighted by Gasteiger charge is -2.07. The molecule has 0 amide bonds. The molecule has 0 saturated heterocycles. The first kappa shape index (κ1) is 33.0. The Kier molecular flexibility index (Phi) is 12.7. The molecule has 224 valence electrons. The molecule has 13 nitrogen and oxygen atoms in total. The van der Waals surface area contributed by atoms with Crippen LogP contribution in [0.15, 0.2) is 54.6 Å². The minimum absolute atomic E-state index is 0.121. The SMILES string of the molecule is COc1cc(C(=O)O)cc2c1OPO2.COc1ccc(/C=C/C(=O)O)cc1OC.COc1ccc(C(=O)O)cc1OC. The number of hydrogen-bond donors (Lipinski definition) is 3. The quantitative estimate of drug-likeness (QED) is 0.223. The van der Waals surface area contributed by atoms with Crippen molar-refractivity contribution in [2.24, 2.45) is 0 Å². The number of fused-ring (bicyclic) bond motifs is 1. The number of hydrogen-bond acceptors (Lipinski definition) is 10. The van der Waals surface area contributed by atoms with Crippen LogP contribution in [0.2, 0.25) is 0 Å². The first-order chi connectivity index (χ1) is 20.1. The standard InChI is InChI=1S/C11H12O4.C9H10O4.C8H7O5P/c1-14-9-5-3-8(4-6-11(12)13)7-10(9)15-2;1-12-7-4-3-6(9(10)11)5-8(7)13-2;1-11-5-2-4(8(9)10)3-6-7(5)13-14-12-6/h3-7H,1-2H3,(H,12,13);3-5H,1-2H3,(H,10,11);2-3,14H,1H3,(H,9,10)/b6-4+;;. The third kappa shape index (κ3) is 9.20. The molecule has 0 spiro atoms. The third-order valence-electron chi connectivity index (χ3n) is 5.24. The summed E-state index contributed by atoms with van der Waals surface area (Å²) in [6.45, 7) is 0. The van der Waals surface area contributed by atoms with Crippen molar-refractivity contribution in [2.45, 2.75) is 0 Å². The second-order valence-electron chi connectivity index (χ2n) is 7.76. The second-order valence-corrected chi connectivity index (χ2v) is 8.33. The number of carboxylic acids is 3. The summed E-state index contributed by atoms with van der Waals surface area (Å²) < 4.78 is 35.2. The molecular weight excluding hydrogens is 575 g/mol. The fourth-order valence-corrected chi connectivity index (χ4v) is 3.80. The Morgan fingerprint density at radius 3 is 1.69 bits per heavy atom. The normalized spacial score (nSPS) is 11.4. The van der Waals surface area contributed by atoms with Crippen LogP contribution in [0.25, 0.3) is 6.08 Å². The Balaban J connectivity index is 0.000000221. The van der Waals surface area contributed by atoms with Crippen molar-refractivity contribution in [3.8, 4) is 40.2 Å². The van der Waals surface area contributed by atoms with Crippen molar-refractivity contribution >= 4 is 33.0 Å². The highest BCUT2D eigenvalue weighted by Gasteiger charge is 2.22. The molecule has 1 aliphatic heterocycles. The first-order valence-corrected chi connectivity index (χ1v) is 12.5. The van der Waals surface area contributed by atoms with E-state index in [1.165, 1.54) is 58.8 Å². The lowest BCUT2D eigenvalue weighted by Crippen LogP contribution is -1.98. The van der Waals surface area contributed by atoms with E-state index in [4.69, 9.17) is 48.1 Å². The topological polar surface area (TPSA) is 177 Å². The molecule has 4 rings (SSSR count). The van der Waals surface area contributed by atoms with Gasteiger partial charge in [-0.05, 0) is 54.1 Å². The van der Waals surface area contributed by atoms with Crippen molar-refractivity contribution < 1.29 is 62.4 Å². The van der Waals surface area contributed by atoms with Gasteiger partial charge in [0.25, 0.3) is 9.03 Å². The van der Waals surface area contributed by atoms with Crippen LogP contribution in [-0.4, -0.2) is 68.8 Å². The van der Waals surface area contributed by atoms with Gasteiger partial charge in [-0.15, -0.1) is 0 Å². The van der Waals surface area contributed by atoms with E-state index in [1.807, 2.05) is 0 Å². The number of methoxy groups -OCH3 is 5. The average Bonchev–Trinajstić information content (AvgIpc) is 3.48. The Bertz CT molecular complexity index is 1440. The molecule has 1 heterocycles. The summed E-state index contributed by atoms with van der Waals surface area (Å²) in [4.78, 5) is 31.6. The number of carboxylic acid groups (broad SMARTS) is 3. The van der Waals surface area contributed by atoms with Gasteiger partial charge in [0, 0.05) is 6.08 Å². The van der Waals surface area contributed by atoms with Crippen LogP contribution in [-0.2, 0) is 4.79 Å². The molecule has 3 aromatic carbocycles. The highest BCUT2D eigenvalue weighted by molar-refractivity contribution is 7.27. The lowest BCUT2D eigenvalue weighted by molar-refractivity contribution is -0.131. The van der Waals surface area contributed by atoms with Gasteiger partial charge < -0.3 is 48.1 Å². The summed E-state index contributed by atoms with van der Waals surface area (Å²) in [5.74, 6) is 0.404. The molecule has 1 unspecified atom stereocenters. The van der Waals surface area contributed by atoms with Crippen molar-refractivity contribution in [3.05, 3.63) is 71.3 Å². The highest BCUT2D eigenvalue weighted by Crippen LogP contribution is 2.48. The van der Waals surface area contributed by atoms with Crippen LogP contribution in [0.1, 0.15) is 26.3 Å². The van der Waals surface area contributed by atoms with Crippen LogP contribution >= 0.6 is 9.03 Å². The Morgan fingerprint density at radius 2 is 1.17 bits per heavy atom. The van der Waals surface area contributed by atoms with Gasteiger partial charge in [-0.3, -0.25) is 0 Å². The van der Waals surface area contributed by atoms with E-state index < -0.39 is 17.9 Å². The molecule has 0 radical (unpaired) electrons. The zero-order chi connectivity index (χ0) is 31.2. The van der Waals surface area contributed by atoms with E-state index in [0.29, 0.717) is 40.2 Å². The minimum atomic E-state index is -1.02. The molecule has 1 aliphatic rings. The van der Waals surface area contributed by atoms with Crippen LogP contribution < -0.4 is 32.7 Å². The van der Waals surface area contributed by atoms with Gasteiger partial charge in [0.15, 0.2) is 34.5 Å². The van der Waals surface area contributed by atoms with Crippen molar-refractivity contribution in [3.63, 3.8) is 0 Å². The van der Waals surface area contributed by atoms with E-state index in [0.717, 1.165) is 11.6 Å². The third-order valence-corrected chi connectivity index (χ3v) is 5.83. The maximum Gasteiger partial charge on any atom is 0.335 e. The molecule has 42 heavy (non-hydrogen) atoms. The largest absolute Gasteiger partial charge is 0.493 e. The molecule has 0 aromatic heterocycles. The summed E-state index contributed by atoms with van der Waals surface area (Å²) in [5.41, 5.74) is 1.05. The molecule has 3 aromatic rings. The number of benzene rings is 3. The lowest BCUT2D eigenvalue weighted by atomic mass is 10.2. The molecule has 0 fully saturated rings. The predicted molar refractivity (Wildman–Crippen MR) is 152 cm³/mol. The molecular formula is C28H29O13P. The van der Waals surface area contributed by atoms with Gasteiger partial charge >= 0.3 is 17.9 Å². The van der Waals surface area contributed by atoms with Crippen molar-refractivity contribution in [1.82, 2.24) is 0 Å². The van der Waals surface area contributed by atoms with E-state index >= 15 is 0 Å². The van der Waals surface area contributed by atoms with Gasteiger partial charge in [0.1, 0.15) is 0 Å². The maximum atomic E-state index is 10.7. The molecule has 0 aliphatic carbocycles. The summed E-state index contributed by atoms with van der Waals surface area (Å²) in [6, 6.07) is 12.4. The first-order valence-electron chi connectivity index (χ1n) is 11.7. The van der Waals surface area contributed by atoms with Gasteiger partial charge in [-0.1, -0.05) is 6.07 Å². The number of carbonyl (C=O) groups is 3. The number of rotatable bonds is 9.